The van der Waals surface area contributed by atoms with Crippen molar-refractivity contribution in [1.82, 2.24) is 0 Å². The van der Waals surface area contributed by atoms with Crippen molar-refractivity contribution < 1.29 is 79.4 Å². The van der Waals surface area contributed by atoms with E-state index in [0.29, 0.717) is 0 Å². The number of halogens is 17. The zero-order valence-corrected chi connectivity index (χ0v) is 15.8. The summed E-state index contributed by atoms with van der Waals surface area (Å²) in [6.45, 7) is 1.48. The second-order valence-electron chi connectivity index (χ2n) is 7.29. The molecule has 1 aliphatic carbocycles. The van der Waals surface area contributed by atoms with Gasteiger partial charge in [0.05, 0.1) is 6.10 Å². The maximum absolute atomic E-state index is 13.7. The van der Waals surface area contributed by atoms with Crippen molar-refractivity contribution in [2.75, 3.05) is 0 Å². The second kappa shape index (κ2) is 8.17. The maximum atomic E-state index is 13.7. The Hall–Kier alpha value is -1.23. The first-order valence-electron chi connectivity index (χ1n) is 8.65. The smallest absolute Gasteiger partial charge is 0.312 e. The van der Waals surface area contributed by atoms with Gasteiger partial charge in [0.25, 0.3) is 0 Å². The average molecular weight is 532 g/mol. The van der Waals surface area contributed by atoms with Crippen LogP contribution < -0.4 is 0 Å². The Kier molecular flexibility index (Phi) is 7.38. The van der Waals surface area contributed by atoms with E-state index in [-0.39, 0.29) is 12.8 Å². The first-order chi connectivity index (χ1) is 14.3. The zero-order valence-electron chi connectivity index (χ0n) is 15.8. The maximum Gasteiger partial charge on any atom is 0.460 e. The van der Waals surface area contributed by atoms with Gasteiger partial charge < -0.3 is 4.74 Å². The van der Waals surface area contributed by atoms with Crippen LogP contribution in [0.2, 0.25) is 0 Å². The van der Waals surface area contributed by atoms with Crippen LogP contribution in [-0.2, 0) is 4.74 Å². The highest BCUT2D eigenvalue weighted by molar-refractivity contribution is 5.14. The molecule has 33 heavy (non-hydrogen) atoms. The first-order valence-corrected chi connectivity index (χ1v) is 8.65. The average Bonchev–Trinajstić information content (AvgIpc) is 3.06. The van der Waals surface area contributed by atoms with Crippen molar-refractivity contribution >= 4 is 0 Å². The van der Waals surface area contributed by atoms with Crippen LogP contribution in [-0.4, -0.2) is 53.9 Å². The van der Waals surface area contributed by atoms with Gasteiger partial charge in [0.15, 0.2) is 0 Å². The molecular formula is C15H13F17O. The molecule has 0 aliphatic heterocycles. The van der Waals surface area contributed by atoms with Crippen molar-refractivity contribution in [2.24, 2.45) is 5.92 Å². The van der Waals surface area contributed by atoms with Gasteiger partial charge in [-0.15, -0.1) is 0 Å². The van der Waals surface area contributed by atoms with Crippen LogP contribution in [0.4, 0.5) is 74.6 Å². The monoisotopic (exact) mass is 532 g/mol. The third-order valence-corrected chi connectivity index (χ3v) is 5.08. The lowest BCUT2D eigenvalue weighted by atomic mass is 9.90. The van der Waals surface area contributed by atoms with Crippen LogP contribution in [0.15, 0.2) is 0 Å². The van der Waals surface area contributed by atoms with Crippen LogP contribution in [0.5, 0.6) is 0 Å². The number of hydrogen-bond acceptors (Lipinski definition) is 1. The van der Waals surface area contributed by atoms with Crippen LogP contribution in [0.3, 0.4) is 0 Å². The highest BCUT2D eigenvalue weighted by Crippen LogP contribution is 2.64. The van der Waals surface area contributed by atoms with E-state index in [9.17, 15) is 74.6 Å². The lowest BCUT2D eigenvalue weighted by Gasteiger charge is -2.42. The molecule has 1 saturated carbocycles. The molecule has 1 aliphatic rings. The number of rotatable bonds is 9. The van der Waals surface area contributed by atoms with E-state index in [2.05, 4.69) is 4.74 Å². The van der Waals surface area contributed by atoms with E-state index in [4.69, 9.17) is 0 Å². The van der Waals surface area contributed by atoms with Gasteiger partial charge in [-0.3, -0.25) is 0 Å². The van der Waals surface area contributed by atoms with E-state index in [0.717, 1.165) is 0 Å². The van der Waals surface area contributed by atoms with Gasteiger partial charge in [0, 0.05) is 0 Å². The molecule has 0 amide bonds. The molecule has 18 heteroatoms. The van der Waals surface area contributed by atoms with Crippen LogP contribution in [0.1, 0.15) is 32.6 Å². The molecule has 0 aromatic heterocycles. The Morgan fingerprint density at radius 3 is 1.24 bits per heavy atom. The quantitative estimate of drug-likeness (QED) is 0.279. The van der Waals surface area contributed by atoms with Crippen LogP contribution in [0.25, 0.3) is 0 Å². The van der Waals surface area contributed by atoms with E-state index >= 15 is 0 Å². The van der Waals surface area contributed by atoms with Gasteiger partial charge in [-0.25, -0.2) is 0 Å². The Balaban J connectivity index is 3.44. The van der Waals surface area contributed by atoms with Crippen LogP contribution in [0, 0.1) is 5.92 Å². The van der Waals surface area contributed by atoms with Crippen molar-refractivity contribution in [2.45, 2.75) is 86.5 Å². The number of ether oxygens (including phenoxy) is 1. The summed E-state index contributed by atoms with van der Waals surface area (Å²) in [6.07, 6.45) is -17.3. The Morgan fingerprint density at radius 1 is 0.545 bits per heavy atom. The largest absolute Gasteiger partial charge is 0.460 e. The molecule has 1 rings (SSSR count). The van der Waals surface area contributed by atoms with Crippen molar-refractivity contribution in [3.63, 3.8) is 0 Å². The summed E-state index contributed by atoms with van der Waals surface area (Å²) < 4.78 is 226. The summed E-state index contributed by atoms with van der Waals surface area (Å²) in [5.41, 5.74) is 0. The molecule has 0 radical (unpaired) electrons. The zero-order chi connectivity index (χ0) is 26.7. The molecule has 0 bridgehead atoms. The summed E-state index contributed by atoms with van der Waals surface area (Å²) in [5, 5.41) is 0. The number of alkyl halides is 17. The normalized spacial score (nSPS) is 22.7. The highest BCUT2D eigenvalue weighted by atomic mass is 19.4. The van der Waals surface area contributed by atoms with Crippen molar-refractivity contribution in [3.8, 4) is 0 Å². The molecule has 0 aromatic carbocycles. The standard InChI is InChI=1S/C15H13F17O/c1-2-6-3-4-7(5-6)33-15(31,32)13(26,27)11(22,23)9(18,19)8(16,17)10(20,21)12(24,25)14(28,29)30/h6-7H,2-5H2,1H3. The summed E-state index contributed by atoms with van der Waals surface area (Å²) >= 11 is 0. The fourth-order valence-corrected chi connectivity index (χ4v) is 2.94. The first kappa shape index (κ1) is 29.8. The molecule has 0 aromatic rings. The Morgan fingerprint density at radius 2 is 0.909 bits per heavy atom. The molecule has 2 atom stereocenters. The van der Waals surface area contributed by atoms with Crippen molar-refractivity contribution in [1.29, 1.82) is 0 Å². The molecule has 2 unspecified atom stereocenters. The fraction of sp³-hybridized carbons (Fsp3) is 1.00. The molecule has 0 saturated heterocycles. The lowest BCUT2D eigenvalue weighted by Crippen LogP contribution is -2.74. The minimum Gasteiger partial charge on any atom is -0.312 e. The molecule has 0 heterocycles. The molecular weight excluding hydrogens is 519 g/mol. The predicted octanol–water partition coefficient (Wildman–Crippen LogP) is 7.55. The number of hydrogen-bond donors (Lipinski definition) is 0. The van der Waals surface area contributed by atoms with Gasteiger partial charge in [-0.2, -0.15) is 74.6 Å². The van der Waals surface area contributed by atoms with Crippen molar-refractivity contribution in [3.05, 3.63) is 0 Å². The third-order valence-electron chi connectivity index (χ3n) is 5.08. The van der Waals surface area contributed by atoms with Gasteiger partial charge in [-0.1, -0.05) is 13.3 Å². The van der Waals surface area contributed by atoms with Gasteiger partial charge in [0.2, 0.25) is 0 Å². The molecule has 1 nitrogen and oxygen atoms in total. The van der Waals surface area contributed by atoms with Gasteiger partial charge >= 0.3 is 47.8 Å². The van der Waals surface area contributed by atoms with Gasteiger partial charge in [-0.05, 0) is 25.2 Å². The van der Waals surface area contributed by atoms with E-state index in [1.807, 2.05) is 0 Å². The molecule has 0 N–H and O–H groups in total. The lowest BCUT2D eigenvalue weighted by molar-refractivity contribution is -0.480. The Bertz CT molecular complexity index is 695. The third kappa shape index (κ3) is 4.21. The SMILES string of the molecule is CCC1CCC(OC(F)(F)C(F)(F)C(F)(F)C(F)(F)C(F)(F)C(F)(F)C(F)(F)C(F)(F)F)C1. The summed E-state index contributed by atoms with van der Waals surface area (Å²) in [4.78, 5) is 0. The second-order valence-corrected chi connectivity index (χ2v) is 7.29. The highest BCUT2D eigenvalue weighted by Gasteiger charge is 2.95. The Labute approximate surface area is 173 Å². The minimum atomic E-state index is -8.62. The molecule has 0 spiro atoms. The molecule has 198 valence electrons. The van der Waals surface area contributed by atoms with E-state index in [1.54, 1.807) is 0 Å². The summed E-state index contributed by atoms with van der Waals surface area (Å²) in [5.74, 6) is -50.4. The fourth-order valence-electron chi connectivity index (χ4n) is 2.94. The topological polar surface area (TPSA) is 9.23 Å². The minimum absolute atomic E-state index is 0.00614. The van der Waals surface area contributed by atoms with Crippen LogP contribution >= 0.6 is 0 Å². The van der Waals surface area contributed by atoms with Gasteiger partial charge in [0.1, 0.15) is 0 Å². The van der Waals surface area contributed by atoms with E-state index in [1.165, 1.54) is 6.92 Å². The predicted molar refractivity (Wildman–Crippen MR) is 73.2 cm³/mol. The summed E-state index contributed by atoms with van der Waals surface area (Å²) in [6, 6.07) is 0. The molecule has 1 fully saturated rings. The summed E-state index contributed by atoms with van der Waals surface area (Å²) in [7, 11) is 0. The van der Waals surface area contributed by atoms with E-state index < -0.39 is 72.7 Å².